The van der Waals surface area contributed by atoms with Crippen molar-refractivity contribution in [1.29, 1.82) is 0 Å². The molecule has 2 aliphatic rings. The largest absolute Gasteiger partial charge is 0.352 e. The Morgan fingerprint density at radius 1 is 1.32 bits per heavy atom. The summed E-state index contributed by atoms with van der Waals surface area (Å²) in [6.07, 6.45) is 6.04. The molecule has 4 rings (SSSR count). The summed E-state index contributed by atoms with van der Waals surface area (Å²) in [5.41, 5.74) is 6.50. The molecule has 1 aliphatic heterocycles. The van der Waals surface area contributed by atoms with Crippen LogP contribution in [-0.4, -0.2) is 29.1 Å². The van der Waals surface area contributed by atoms with Gasteiger partial charge >= 0.3 is 0 Å². The van der Waals surface area contributed by atoms with E-state index in [2.05, 4.69) is 21.8 Å². The lowest BCUT2D eigenvalue weighted by Crippen LogP contribution is -2.48. The van der Waals surface area contributed by atoms with Gasteiger partial charge in [0.25, 0.3) is 5.56 Å². The van der Waals surface area contributed by atoms with Crippen LogP contribution < -0.4 is 16.2 Å². The van der Waals surface area contributed by atoms with Crippen LogP contribution in [0.25, 0.3) is 0 Å². The second-order valence-corrected chi connectivity index (χ2v) is 9.92. The van der Waals surface area contributed by atoms with Gasteiger partial charge in [-0.3, -0.25) is 4.79 Å². The van der Waals surface area contributed by atoms with Crippen molar-refractivity contribution in [1.82, 2.24) is 9.97 Å². The highest BCUT2D eigenvalue weighted by atomic mass is 35.5. The number of benzene rings is 1. The van der Waals surface area contributed by atoms with Crippen LogP contribution in [0.1, 0.15) is 32.6 Å². The second-order valence-electron chi connectivity index (χ2n) is 8.06. The van der Waals surface area contributed by atoms with E-state index >= 15 is 0 Å². The fourth-order valence-corrected chi connectivity index (χ4v) is 5.99. The quantitative estimate of drug-likeness (QED) is 0.733. The van der Waals surface area contributed by atoms with Crippen LogP contribution in [0, 0.1) is 11.3 Å². The fraction of sp³-hybridized carbons (Fsp3) is 0.500. The molecule has 1 aromatic heterocycles. The Kier molecular flexibility index (Phi) is 5.67. The van der Waals surface area contributed by atoms with Crippen molar-refractivity contribution in [3.63, 3.8) is 0 Å². The third-order valence-corrected chi connectivity index (χ3v) is 8.06. The van der Waals surface area contributed by atoms with E-state index in [1.54, 1.807) is 12.3 Å². The van der Waals surface area contributed by atoms with E-state index in [0.29, 0.717) is 26.8 Å². The molecule has 3 N–H and O–H groups in total. The fourth-order valence-electron chi connectivity index (χ4n) is 4.69. The number of anilines is 1. The average Bonchev–Trinajstić information content (AvgIpc) is 2.93. The lowest BCUT2D eigenvalue weighted by Gasteiger charge is -2.42. The highest BCUT2D eigenvalue weighted by molar-refractivity contribution is 7.99. The molecular weight excluding hydrogens is 415 g/mol. The molecular formula is C20H24Cl2N4OS. The highest BCUT2D eigenvalue weighted by Gasteiger charge is 2.45. The van der Waals surface area contributed by atoms with Gasteiger partial charge in [-0.25, -0.2) is 4.98 Å². The molecule has 2 aromatic rings. The van der Waals surface area contributed by atoms with Crippen molar-refractivity contribution in [3.05, 3.63) is 44.8 Å². The van der Waals surface area contributed by atoms with Crippen molar-refractivity contribution in [3.8, 4) is 0 Å². The summed E-state index contributed by atoms with van der Waals surface area (Å²) < 4.78 is 0. The Morgan fingerprint density at radius 2 is 2.07 bits per heavy atom. The summed E-state index contributed by atoms with van der Waals surface area (Å²) in [5.74, 6) is 1.17. The van der Waals surface area contributed by atoms with Gasteiger partial charge in [0.05, 0.1) is 21.3 Å². The van der Waals surface area contributed by atoms with Crippen LogP contribution in [-0.2, 0) is 0 Å². The molecule has 2 atom stereocenters. The average molecular weight is 439 g/mol. The zero-order chi connectivity index (χ0) is 19.9. The number of rotatable bonds is 3. The zero-order valence-corrected chi connectivity index (χ0v) is 18.1. The maximum Gasteiger partial charge on any atom is 0.291 e. The number of hydrogen-bond donors (Lipinski definition) is 2. The zero-order valence-electron chi connectivity index (χ0n) is 15.8. The smallest absolute Gasteiger partial charge is 0.291 e. The molecule has 1 aliphatic carbocycles. The minimum absolute atomic E-state index is 0.178. The summed E-state index contributed by atoms with van der Waals surface area (Å²) >= 11 is 13.6. The van der Waals surface area contributed by atoms with Crippen LogP contribution in [0.5, 0.6) is 0 Å². The van der Waals surface area contributed by atoms with Gasteiger partial charge in [0.2, 0.25) is 0 Å². The molecule has 8 heteroatoms. The maximum absolute atomic E-state index is 12.7. The number of piperidine rings is 1. The van der Waals surface area contributed by atoms with Crippen molar-refractivity contribution in [2.75, 3.05) is 18.0 Å². The van der Waals surface area contributed by atoms with Crippen molar-refractivity contribution in [2.24, 2.45) is 17.1 Å². The predicted molar refractivity (Wildman–Crippen MR) is 116 cm³/mol. The Hall–Kier alpha value is -1.21. The first-order valence-corrected chi connectivity index (χ1v) is 11.2. The van der Waals surface area contributed by atoms with Crippen molar-refractivity contribution in [2.45, 2.75) is 48.6 Å². The van der Waals surface area contributed by atoms with Crippen LogP contribution in [0.3, 0.4) is 0 Å². The maximum atomic E-state index is 12.7. The van der Waals surface area contributed by atoms with Gasteiger partial charge in [0.15, 0.2) is 5.82 Å². The highest BCUT2D eigenvalue weighted by Crippen LogP contribution is 2.48. The minimum Gasteiger partial charge on any atom is -0.352 e. The molecule has 5 nitrogen and oxygen atoms in total. The first kappa shape index (κ1) is 20.1. The third-order valence-electron chi connectivity index (χ3n) is 6.14. The molecule has 2 fully saturated rings. The molecule has 1 saturated heterocycles. The molecule has 150 valence electrons. The lowest BCUT2D eigenvalue weighted by molar-refractivity contribution is 0.192. The van der Waals surface area contributed by atoms with Crippen LogP contribution in [0.2, 0.25) is 10.0 Å². The standard InChI is InChI=1S/C20H24Cl2N4OS/c1-12-9-15(23)20(10-12)5-7-26(8-6-20)18-19(27)25-16(11-24-18)28-14-4-2-3-13(21)17(14)22/h2-4,11-12,15H,5-10,23H2,1H3,(H,25,27)/t12-,15+/m0/s1. The first-order chi connectivity index (χ1) is 13.4. The Balaban J connectivity index is 1.47. The van der Waals surface area contributed by atoms with E-state index in [0.717, 1.165) is 37.2 Å². The van der Waals surface area contributed by atoms with E-state index in [-0.39, 0.29) is 17.0 Å². The number of aromatic amines is 1. The summed E-state index contributed by atoms with van der Waals surface area (Å²) in [4.78, 5) is 22.9. The summed E-state index contributed by atoms with van der Waals surface area (Å²) in [6, 6.07) is 5.70. The molecule has 0 radical (unpaired) electrons. The molecule has 2 heterocycles. The van der Waals surface area contributed by atoms with Crippen LogP contribution in [0.15, 0.2) is 39.1 Å². The second kappa shape index (κ2) is 7.90. The van der Waals surface area contributed by atoms with E-state index in [4.69, 9.17) is 28.9 Å². The molecule has 0 unspecified atom stereocenters. The first-order valence-electron chi connectivity index (χ1n) is 9.60. The van der Waals surface area contributed by atoms with Crippen LogP contribution >= 0.6 is 35.0 Å². The Morgan fingerprint density at radius 3 is 2.71 bits per heavy atom. The predicted octanol–water partition coefficient (Wildman–Crippen LogP) is 4.57. The number of aromatic nitrogens is 2. The van der Waals surface area contributed by atoms with Crippen molar-refractivity contribution >= 4 is 40.8 Å². The Labute approximate surface area is 179 Å². The molecule has 0 bridgehead atoms. The van der Waals surface area contributed by atoms with Gasteiger partial charge in [-0.05, 0) is 49.1 Å². The van der Waals surface area contributed by atoms with E-state index in [1.165, 1.54) is 18.2 Å². The van der Waals surface area contributed by atoms with E-state index < -0.39 is 0 Å². The summed E-state index contributed by atoms with van der Waals surface area (Å²) in [6.45, 7) is 3.93. The number of halogens is 2. The van der Waals surface area contributed by atoms with E-state index in [9.17, 15) is 4.79 Å². The molecule has 0 amide bonds. The van der Waals surface area contributed by atoms with Gasteiger partial charge in [-0.1, -0.05) is 48.0 Å². The molecule has 1 aromatic carbocycles. The Bertz CT molecular complexity index is 927. The van der Waals surface area contributed by atoms with Gasteiger partial charge < -0.3 is 15.6 Å². The van der Waals surface area contributed by atoms with Crippen LogP contribution in [0.4, 0.5) is 5.82 Å². The lowest BCUT2D eigenvalue weighted by atomic mass is 9.74. The number of nitrogens with one attached hydrogen (secondary N) is 1. The molecule has 28 heavy (non-hydrogen) atoms. The monoisotopic (exact) mass is 438 g/mol. The SMILES string of the molecule is C[C@H]1C[C@@H](N)C2(CCN(c3ncc(Sc4cccc(Cl)c4Cl)[nH]c3=O)CC2)C1. The normalized spacial score (nSPS) is 24.1. The third kappa shape index (κ3) is 3.80. The number of H-pyrrole nitrogens is 1. The van der Waals surface area contributed by atoms with E-state index in [1.807, 2.05) is 12.1 Å². The number of nitrogens with zero attached hydrogens (tertiary/aromatic N) is 2. The number of nitrogens with two attached hydrogens (primary N) is 1. The van der Waals surface area contributed by atoms with Gasteiger partial charge in [-0.15, -0.1) is 0 Å². The number of hydrogen-bond acceptors (Lipinski definition) is 5. The topological polar surface area (TPSA) is 75.0 Å². The minimum atomic E-state index is -0.178. The van der Waals surface area contributed by atoms with Gasteiger partial charge in [0, 0.05) is 24.0 Å². The summed E-state index contributed by atoms with van der Waals surface area (Å²) in [7, 11) is 0. The summed E-state index contributed by atoms with van der Waals surface area (Å²) in [5, 5.41) is 1.60. The van der Waals surface area contributed by atoms with Gasteiger partial charge in [0.1, 0.15) is 0 Å². The van der Waals surface area contributed by atoms with Gasteiger partial charge in [-0.2, -0.15) is 0 Å². The molecule has 1 spiro atoms. The van der Waals surface area contributed by atoms with Crippen molar-refractivity contribution < 1.29 is 0 Å². The molecule has 1 saturated carbocycles.